The van der Waals surface area contributed by atoms with Crippen molar-refractivity contribution in [2.45, 2.75) is 19.3 Å². The Bertz CT molecular complexity index is 1240. The third-order valence-corrected chi connectivity index (χ3v) is 6.85. The molecule has 1 aliphatic rings. The van der Waals surface area contributed by atoms with E-state index in [1.807, 2.05) is 36.5 Å². The molecule has 1 amide bonds. The molecule has 1 fully saturated rings. The van der Waals surface area contributed by atoms with E-state index in [0.717, 1.165) is 29.0 Å². The Balaban J connectivity index is 1.29. The SMILES string of the molecule is O=C(NO)c1sccc1-c1cnn2cc(-c3ccc(OCCN4CCCCC4)cc3)cnc12. The summed E-state index contributed by atoms with van der Waals surface area (Å²) in [7, 11) is 0. The van der Waals surface area contributed by atoms with E-state index in [1.54, 1.807) is 27.8 Å². The van der Waals surface area contributed by atoms with E-state index in [2.05, 4.69) is 15.0 Å². The predicted molar refractivity (Wildman–Crippen MR) is 127 cm³/mol. The highest BCUT2D eigenvalue weighted by molar-refractivity contribution is 7.12. The molecule has 0 atom stereocenters. The van der Waals surface area contributed by atoms with Crippen molar-refractivity contribution in [1.29, 1.82) is 0 Å². The maximum atomic E-state index is 11.9. The topological polar surface area (TPSA) is 92.0 Å². The van der Waals surface area contributed by atoms with Crippen LogP contribution in [0.2, 0.25) is 0 Å². The second kappa shape index (κ2) is 9.70. The number of ether oxygens (including phenoxy) is 1. The fourth-order valence-corrected chi connectivity index (χ4v) is 4.98. The summed E-state index contributed by atoms with van der Waals surface area (Å²) in [6.45, 7) is 4.02. The van der Waals surface area contributed by atoms with Gasteiger partial charge in [0, 0.05) is 35.6 Å². The van der Waals surface area contributed by atoms with Crippen molar-refractivity contribution in [3.8, 4) is 28.0 Å². The maximum Gasteiger partial charge on any atom is 0.285 e. The Kier molecular flexibility index (Phi) is 6.34. The lowest BCUT2D eigenvalue weighted by atomic mass is 10.1. The molecule has 8 nitrogen and oxygen atoms in total. The van der Waals surface area contributed by atoms with Gasteiger partial charge in [-0.25, -0.2) is 15.0 Å². The van der Waals surface area contributed by atoms with Gasteiger partial charge in [0.2, 0.25) is 0 Å². The highest BCUT2D eigenvalue weighted by Crippen LogP contribution is 2.31. The molecule has 2 N–H and O–H groups in total. The van der Waals surface area contributed by atoms with Crippen molar-refractivity contribution in [3.05, 3.63) is 59.2 Å². The molecule has 0 aliphatic carbocycles. The van der Waals surface area contributed by atoms with Crippen LogP contribution in [0.3, 0.4) is 0 Å². The van der Waals surface area contributed by atoms with Crippen LogP contribution in [-0.2, 0) is 0 Å². The highest BCUT2D eigenvalue weighted by atomic mass is 32.1. The number of hydroxylamine groups is 1. The summed E-state index contributed by atoms with van der Waals surface area (Å²) in [6, 6.07) is 9.83. The molecule has 0 radical (unpaired) electrons. The number of aromatic nitrogens is 3. The van der Waals surface area contributed by atoms with E-state index in [1.165, 1.54) is 43.7 Å². The summed E-state index contributed by atoms with van der Waals surface area (Å²) in [6.07, 6.45) is 9.31. The number of thiophene rings is 1. The number of carbonyl (C=O) groups is 1. The van der Waals surface area contributed by atoms with Gasteiger partial charge in [0.25, 0.3) is 5.91 Å². The zero-order valence-electron chi connectivity index (χ0n) is 18.1. The molecular formula is C24H25N5O3S. The van der Waals surface area contributed by atoms with Gasteiger partial charge in [0.05, 0.1) is 6.20 Å². The summed E-state index contributed by atoms with van der Waals surface area (Å²) >= 11 is 1.25. The Morgan fingerprint density at radius 2 is 1.88 bits per heavy atom. The number of nitrogens with zero attached hydrogens (tertiary/aromatic N) is 4. The zero-order valence-corrected chi connectivity index (χ0v) is 18.9. The average Bonchev–Trinajstić information content (AvgIpc) is 3.51. The number of nitrogens with one attached hydrogen (secondary N) is 1. The second-order valence-corrected chi connectivity index (χ2v) is 8.96. The minimum atomic E-state index is -0.547. The number of hydrogen-bond acceptors (Lipinski definition) is 7. The average molecular weight is 464 g/mol. The Morgan fingerprint density at radius 3 is 2.67 bits per heavy atom. The minimum absolute atomic E-state index is 0.411. The van der Waals surface area contributed by atoms with Crippen LogP contribution >= 0.6 is 11.3 Å². The van der Waals surface area contributed by atoms with Crippen LogP contribution in [0.1, 0.15) is 28.9 Å². The van der Waals surface area contributed by atoms with E-state index < -0.39 is 5.91 Å². The molecule has 1 aliphatic heterocycles. The Morgan fingerprint density at radius 1 is 1.06 bits per heavy atom. The van der Waals surface area contributed by atoms with Gasteiger partial charge in [-0.3, -0.25) is 14.9 Å². The van der Waals surface area contributed by atoms with Crippen molar-refractivity contribution < 1.29 is 14.7 Å². The van der Waals surface area contributed by atoms with Crippen molar-refractivity contribution >= 4 is 22.9 Å². The summed E-state index contributed by atoms with van der Waals surface area (Å²) in [5, 5.41) is 15.2. The number of benzene rings is 1. The first-order chi connectivity index (χ1) is 16.2. The molecule has 170 valence electrons. The number of carbonyl (C=O) groups excluding carboxylic acids is 1. The standard InChI is InChI=1S/C24H25N5O3S/c30-24(27-31)22-20(8-13-33-22)21-15-26-29-16-18(14-25-23(21)29)17-4-6-19(7-5-17)32-12-11-28-9-2-1-3-10-28/h4-8,13-16,31H,1-3,9-12H2,(H,27,30). The molecule has 0 spiro atoms. The molecule has 33 heavy (non-hydrogen) atoms. The molecule has 1 aromatic carbocycles. The number of hydrogen-bond donors (Lipinski definition) is 2. The van der Waals surface area contributed by atoms with E-state index >= 15 is 0 Å². The molecule has 0 saturated carbocycles. The highest BCUT2D eigenvalue weighted by Gasteiger charge is 2.18. The third kappa shape index (κ3) is 4.61. The molecule has 4 aromatic rings. The fourth-order valence-electron chi connectivity index (χ4n) is 4.18. The van der Waals surface area contributed by atoms with Gasteiger partial charge in [0.15, 0.2) is 5.65 Å². The van der Waals surface area contributed by atoms with Crippen LogP contribution in [0.5, 0.6) is 5.75 Å². The number of rotatable bonds is 7. The first-order valence-electron chi connectivity index (χ1n) is 11.0. The molecular weight excluding hydrogens is 438 g/mol. The second-order valence-electron chi connectivity index (χ2n) is 8.05. The summed E-state index contributed by atoms with van der Waals surface area (Å²) < 4.78 is 7.63. The Labute approximate surface area is 195 Å². The molecule has 0 unspecified atom stereocenters. The summed E-state index contributed by atoms with van der Waals surface area (Å²) in [4.78, 5) is 19.4. The van der Waals surface area contributed by atoms with Gasteiger partial charge < -0.3 is 4.74 Å². The molecule has 3 aromatic heterocycles. The molecule has 1 saturated heterocycles. The van der Waals surface area contributed by atoms with E-state index in [4.69, 9.17) is 9.94 Å². The largest absolute Gasteiger partial charge is 0.492 e. The Hall–Kier alpha value is -3.27. The predicted octanol–water partition coefficient (Wildman–Crippen LogP) is 4.11. The van der Waals surface area contributed by atoms with Crippen molar-refractivity contribution in [2.75, 3.05) is 26.2 Å². The van der Waals surface area contributed by atoms with Gasteiger partial charge in [-0.15, -0.1) is 11.3 Å². The van der Waals surface area contributed by atoms with Crippen molar-refractivity contribution in [1.82, 2.24) is 25.0 Å². The zero-order chi connectivity index (χ0) is 22.6. The summed E-state index contributed by atoms with van der Waals surface area (Å²) in [5.74, 6) is 0.313. The van der Waals surface area contributed by atoms with Crippen LogP contribution in [0.15, 0.2) is 54.3 Å². The van der Waals surface area contributed by atoms with Gasteiger partial charge in [-0.2, -0.15) is 5.10 Å². The molecule has 0 bridgehead atoms. The van der Waals surface area contributed by atoms with Gasteiger partial charge in [-0.05, 0) is 55.1 Å². The van der Waals surface area contributed by atoms with Crippen LogP contribution in [0, 0.1) is 0 Å². The van der Waals surface area contributed by atoms with E-state index in [0.29, 0.717) is 22.7 Å². The normalized spacial score (nSPS) is 14.5. The third-order valence-electron chi connectivity index (χ3n) is 5.93. The molecule has 5 rings (SSSR count). The van der Waals surface area contributed by atoms with Crippen molar-refractivity contribution in [2.24, 2.45) is 0 Å². The van der Waals surface area contributed by atoms with Crippen molar-refractivity contribution in [3.63, 3.8) is 0 Å². The number of likely N-dealkylation sites (tertiary alicyclic amines) is 1. The smallest absolute Gasteiger partial charge is 0.285 e. The number of amides is 1. The van der Waals surface area contributed by atoms with Gasteiger partial charge in [-0.1, -0.05) is 18.6 Å². The van der Waals surface area contributed by atoms with Crippen LogP contribution < -0.4 is 10.2 Å². The lowest BCUT2D eigenvalue weighted by Gasteiger charge is -2.26. The van der Waals surface area contributed by atoms with E-state index in [-0.39, 0.29) is 0 Å². The van der Waals surface area contributed by atoms with E-state index in [9.17, 15) is 4.79 Å². The fraction of sp³-hybridized carbons (Fsp3) is 0.292. The monoisotopic (exact) mass is 463 g/mol. The lowest BCUT2D eigenvalue weighted by Crippen LogP contribution is -2.33. The minimum Gasteiger partial charge on any atom is -0.492 e. The molecule has 4 heterocycles. The van der Waals surface area contributed by atoms with Crippen LogP contribution in [0.25, 0.3) is 27.9 Å². The quantitative estimate of drug-likeness (QED) is 0.317. The lowest BCUT2D eigenvalue weighted by molar-refractivity contribution is 0.0711. The number of piperidine rings is 1. The maximum absolute atomic E-state index is 11.9. The van der Waals surface area contributed by atoms with Gasteiger partial charge >= 0.3 is 0 Å². The van der Waals surface area contributed by atoms with Crippen LogP contribution in [-0.4, -0.2) is 56.9 Å². The van der Waals surface area contributed by atoms with Gasteiger partial charge in [0.1, 0.15) is 17.2 Å². The molecule has 9 heteroatoms. The first-order valence-corrected chi connectivity index (χ1v) is 11.9. The van der Waals surface area contributed by atoms with Crippen LogP contribution in [0.4, 0.5) is 0 Å². The first kappa shape index (κ1) is 21.6. The summed E-state index contributed by atoms with van der Waals surface area (Å²) in [5.41, 5.74) is 5.70. The number of fused-ring (bicyclic) bond motifs is 1.